The standard InChI is InChI=1S/C22H23N3O2S2/c1-15-11-16(2)13-20(12-15)24-22(28)23-19-10-9-17(3)21(14-19)29(26,27)25-18-7-5-4-6-8-18/h4-14,25H,1-3H3,(H2,23,24,28). The molecule has 0 saturated carbocycles. The Bertz CT molecular complexity index is 1120. The van der Waals surface area contributed by atoms with Crippen molar-refractivity contribution in [2.75, 3.05) is 15.4 Å². The number of benzene rings is 3. The van der Waals surface area contributed by atoms with Crippen molar-refractivity contribution in [1.82, 2.24) is 0 Å². The van der Waals surface area contributed by atoms with Gasteiger partial charge >= 0.3 is 0 Å². The van der Waals surface area contributed by atoms with Crippen molar-refractivity contribution in [1.29, 1.82) is 0 Å². The Hall–Kier alpha value is -2.90. The van der Waals surface area contributed by atoms with Crippen molar-refractivity contribution in [3.63, 3.8) is 0 Å². The van der Waals surface area contributed by atoms with Gasteiger partial charge in [0.15, 0.2) is 5.11 Å². The highest BCUT2D eigenvalue weighted by Crippen LogP contribution is 2.23. The predicted molar refractivity (Wildman–Crippen MR) is 124 cm³/mol. The summed E-state index contributed by atoms with van der Waals surface area (Å²) in [6.45, 7) is 5.80. The summed E-state index contributed by atoms with van der Waals surface area (Å²) >= 11 is 5.39. The molecule has 0 aliphatic carbocycles. The maximum Gasteiger partial charge on any atom is 0.262 e. The molecule has 0 spiro atoms. The smallest absolute Gasteiger partial charge is 0.262 e. The molecular weight excluding hydrogens is 402 g/mol. The Morgan fingerprint density at radius 1 is 0.759 bits per heavy atom. The molecule has 0 amide bonds. The minimum absolute atomic E-state index is 0.195. The first-order valence-corrected chi connectivity index (χ1v) is 11.0. The zero-order chi connectivity index (χ0) is 21.0. The van der Waals surface area contributed by atoms with E-state index in [4.69, 9.17) is 12.2 Å². The van der Waals surface area contributed by atoms with E-state index in [-0.39, 0.29) is 4.90 Å². The second kappa shape index (κ2) is 8.63. The molecule has 0 radical (unpaired) electrons. The van der Waals surface area contributed by atoms with Gasteiger partial charge in [0.25, 0.3) is 10.0 Å². The summed E-state index contributed by atoms with van der Waals surface area (Å²) in [5.41, 5.74) is 4.89. The van der Waals surface area contributed by atoms with Crippen LogP contribution in [-0.2, 0) is 10.0 Å². The van der Waals surface area contributed by atoms with Crippen LogP contribution in [0, 0.1) is 20.8 Å². The number of rotatable bonds is 5. The van der Waals surface area contributed by atoms with Gasteiger partial charge in [0.2, 0.25) is 0 Å². The first-order chi connectivity index (χ1) is 13.7. The molecule has 3 aromatic rings. The van der Waals surface area contributed by atoms with Crippen molar-refractivity contribution in [2.24, 2.45) is 0 Å². The number of para-hydroxylation sites is 1. The minimum atomic E-state index is -3.73. The van der Waals surface area contributed by atoms with Crippen LogP contribution in [0.15, 0.2) is 71.6 Å². The van der Waals surface area contributed by atoms with Gasteiger partial charge in [0.05, 0.1) is 4.90 Å². The van der Waals surface area contributed by atoms with Gasteiger partial charge in [0.1, 0.15) is 0 Å². The van der Waals surface area contributed by atoms with E-state index in [1.165, 1.54) is 0 Å². The summed E-state index contributed by atoms with van der Waals surface area (Å²) < 4.78 is 28.3. The van der Waals surface area contributed by atoms with Gasteiger partial charge in [0, 0.05) is 17.1 Å². The van der Waals surface area contributed by atoms with E-state index in [1.807, 2.05) is 32.0 Å². The van der Waals surface area contributed by atoms with E-state index < -0.39 is 10.0 Å². The number of aryl methyl sites for hydroxylation is 3. The van der Waals surface area contributed by atoms with Gasteiger partial charge in [-0.2, -0.15) is 0 Å². The molecule has 3 rings (SSSR count). The van der Waals surface area contributed by atoms with Crippen LogP contribution >= 0.6 is 12.2 Å². The summed E-state index contributed by atoms with van der Waals surface area (Å²) in [6, 6.07) is 20.0. The first kappa shape index (κ1) is 20.8. The Morgan fingerprint density at radius 2 is 1.38 bits per heavy atom. The lowest BCUT2D eigenvalue weighted by atomic mass is 10.1. The molecule has 0 aromatic heterocycles. The number of anilines is 3. The van der Waals surface area contributed by atoms with Gasteiger partial charge in [-0.25, -0.2) is 8.42 Å². The molecule has 0 atom stereocenters. The highest BCUT2D eigenvalue weighted by Gasteiger charge is 2.18. The summed E-state index contributed by atoms with van der Waals surface area (Å²) in [4.78, 5) is 0.195. The Labute approximate surface area is 177 Å². The van der Waals surface area contributed by atoms with E-state index in [0.29, 0.717) is 22.1 Å². The number of nitrogens with one attached hydrogen (secondary N) is 3. The fraction of sp³-hybridized carbons (Fsp3) is 0.136. The zero-order valence-corrected chi connectivity index (χ0v) is 18.1. The van der Waals surface area contributed by atoms with Crippen LogP contribution in [-0.4, -0.2) is 13.5 Å². The van der Waals surface area contributed by atoms with Crippen molar-refractivity contribution in [2.45, 2.75) is 25.7 Å². The highest BCUT2D eigenvalue weighted by atomic mass is 32.2. The van der Waals surface area contributed by atoms with Crippen molar-refractivity contribution in [3.8, 4) is 0 Å². The number of thiocarbonyl (C=S) groups is 1. The molecule has 29 heavy (non-hydrogen) atoms. The molecule has 5 nitrogen and oxygen atoms in total. The molecule has 0 aliphatic heterocycles. The summed E-state index contributed by atoms with van der Waals surface area (Å²) in [5.74, 6) is 0. The second-order valence-corrected chi connectivity index (χ2v) is 8.97. The van der Waals surface area contributed by atoms with Crippen LogP contribution in [0.5, 0.6) is 0 Å². The van der Waals surface area contributed by atoms with Crippen LogP contribution in [0.1, 0.15) is 16.7 Å². The van der Waals surface area contributed by atoms with E-state index >= 15 is 0 Å². The molecule has 0 saturated heterocycles. The first-order valence-electron chi connectivity index (χ1n) is 9.08. The van der Waals surface area contributed by atoms with Gasteiger partial charge < -0.3 is 10.6 Å². The van der Waals surface area contributed by atoms with E-state index in [1.54, 1.807) is 49.4 Å². The molecule has 3 N–H and O–H groups in total. The average molecular weight is 426 g/mol. The quantitative estimate of drug-likeness (QED) is 0.489. The molecule has 0 unspecified atom stereocenters. The highest BCUT2D eigenvalue weighted by molar-refractivity contribution is 7.92. The van der Waals surface area contributed by atoms with Crippen LogP contribution in [0.3, 0.4) is 0 Å². The third-order valence-electron chi connectivity index (χ3n) is 4.24. The third kappa shape index (κ3) is 5.56. The van der Waals surface area contributed by atoms with Crippen LogP contribution in [0.25, 0.3) is 0 Å². The summed E-state index contributed by atoms with van der Waals surface area (Å²) in [7, 11) is -3.73. The van der Waals surface area contributed by atoms with Crippen LogP contribution in [0.4, 0.5) is 17.1 Å². The average Bonchev–Trinajstić information content (AvgIpc) is 2.62. The van der Waals surface area contributed by atoms with Crippen molar-refractivity contribution >= 4 is 44.4 Å². The predicted octanol–water partition coefficient (Wildman–Crippen LogP) is 5.22. The number of hydrogen-bond acceptors (Lipinski definition) is 3. The lowest BCUT2D eigenvalue weighted by molar-refractivity contribution is 0.600. The monoisotopic (exact) mass is 425 g/mol. The molecule has 3 aromatic carbocycles. The van der Waals surface area contributed by atoms with E-state index in [0.717, 1.165) is 16.8 Å². The molecule has 0 heterocycles. The third-order valence-corrected chi connectivity index (χ3v) is 5.97. The van der Waals surface area contributed by atoms with Gasteiger partial charge in [-0.15, -0.1) is 0 Å². The van der Waals surface area contributed by atoms with E-state index in [2.05, 4.69) is 21.4 Å². The number of hydrogen-bond donors (Lipinski definition) is 3. The topological polar surface area (TPSA) is 70.2 Å². The molecule has 150 valence electrons. The zero-order valence-electron chi connectivity index (χ0n) is 16.5. The maximum absolute atomic E-state index is 12.8. The lowest BCUT2D eigenvalue weighted by Gasteiger charge is -2.15. The Balaban J connectivity index is 1.78. The van der Waals surface area contributed by atoms with Crippen LogP contribution < -0.4 is 15.4 Å². The minimum Gasteiger partial charge on any atom is -0.332 e. The number of sulfonamides is 1. The molecule has 0 aliphatic rings. The fourth-order valence-corrected chi connectivity index (χ4v) is 4.59. The molecule has 0 bridgehead atoms. The van der Waals surface area contributed by atoms with Crippen molar-refractivity contribution < 1.29 is 8.42 Å². The SMILES string of the molecule is Cc1cc(C)cc(NC(=S)Nc2ccc(C)c(S(=O)(=O)Nc3ccccc3)c2)c1. The van der Waals surface area contributed by atoms with Gasteiger partial charge in [-0.3, -0.25) is 4.72 Å². The second-order valence-electron chi connectivity index (χ2n) is 6.91. The van der Waals surface area contributed by atoms with Crippen LogP contribution in [0.2, 0.25) is 0 Å². The fourth-order valence-electron chi connectivity index (χ4n) is 3.02. The Kier molecular flexibility index (Phi) is 6.20. The lowest BCUT2D eigenvalue weighted by Crippen LogP contribution is -2.20. The maximum atomic E-state index is 12.8. The van der Waals surface area contributed by atoms with Gasteiger partial charge in [-0.05, 0) is 86.1 Å². The van der Waals surface area contributed by atoms with Gasteiger partial charge in [-0.1, -0.05) is 30.3 Å². The summed E-state index contributed by atoms with van der Waals surface area (Å²) in [6.07, 6.45) is 0. The molecular formula is C22H23N3O2S2. The Morgan fingerprint density at radius 3 is 2.03 bits per heavy atom. The van der Waals surface area contributed by atoms with E-state index in [9.17, 15) is 8.42 Å². The van der Waals surface area contributed by atoms with Crippen molar-refractivity contribution in [3.05, 3.63) is 83.4 Å². The largest absolute Gasteiger partial charge is 0.332 e. The summed E-state index contributed by atoms with van der Waals surface area (Å²) in [5, 5.41) is 6.59. The normalized spacial score (nSPS) is 11.0. The molecule has 7 heteroatoms. The molecule has 0 fully saturated rings.